The average Bonchev–Trinajstić information content (AvgIpc) is 2.00. The van der Waals surface area contributed by atoms with E-state index < -0.39 is 27.1 Å². The van der Waals surface area contributed by atoms with Gasteiger partial charge in [-0.25, -0.2) is 4.57 Å². The molecule has 0 heterocycles. The van der Waals surface area contributed by atoms with Gasteiger partial charge in [0.25, 0.3) is 0 Å². The average molecular weight is 173 g/mol. The summed E-state index contributed by atoms with van der Waals surface area (Å²) in [5.74, 6) is 0. The Morgan fingerprint density at radius 1 is 1.60 bits per heavy atom. The van der Waals surface area contributed by atoms with Crippen molar-refractivity contribution >= 4 is 7.82 Å². The summed E-state index contributed by atoms with van der Waals surface area (Å²) in [6, 6.07) is 0. The fraction of sp³-hybridized carbons (Fsp3) is 1.00. The van der Waals surface area contributed by atoms with Crippen molar-refractivity contribution in [2.45, 2.75) is 6.10 Å². The third-order valence-corrected chi connectivity index (χ3v) is 1.25. The standard InChI is InChI=1S/C3H9O6P/c4-1-3(2-5)9-10(6,7)8/h3-5H,1-2H2,(H2,6,7,8)/i/hD. The molecule has 0 aliphatic heterocycles. The first-order chi connectivity index (χ1) is 5.05. The molecule has 7 heteroatoms. The highest BCUT2D eigenvalue weighted by molar-refractivity contribution is 7.46. The van der Waals surface area contributed by atoms with Crippen molar-refractivity contribution in [2.75, 3.05) is 13.2 Å². The van der Waals surface area contributed by atoms with E-state index in [0.717, 1.165) is 0 Å². The largest absolute Gasteiger partial charge is 0.470 e. The zero-order valence-corrected chi connectivity index (χ0v) is 5.90. The molecule has 0 fully saturated rings. The summed E-state index contributed by atoms with van der Waals surface area (Å²) in [4.78, 5) is 11.7. The predicted octanol–water partition coefficient (Wildman–Crippen LogP) is -1.55. The summed E-state index contributed by atoms with van der Waals surface area (Å²) in [6.45, 7) is -1.24. The molecule has 0 rings (SSSR count). The molecule has 0 aliphatic carbocycles. The summed E-state index contributed by atoms with van der Waals surface area (Å²) in [7, 11) is -4.42. The van der Waals surface area contributed by atoms with Gasteiger partial charge in [-0.15, -0.1) is 0 Å². The summed E-state index contributed by atoms with van der Waals surface area (Å²) in [6.07, 6.45) is -1.20. The highest BCUT2D eigenvalue weighted by atomic mass is 31.2. The maximum atomic E-state index is 10.4. The van der Waals surface area contributed by atoms with E-state index in [1.165, 1.54) is 0 Å². The Hall–Kier alpha value is 0.0300. The van der Waals surface area contributed by atoms with Crippen molar-refractivity contribution in [3.05, 3.63) is 0 Å². The Balaban J connectivity index is 3.90. The predicted molar refractivity (Wildman–Crippen MR) is 31.1 cm³/mol. The first-order valence-corrected chi connectivity index (χ1v) is 3.93. The fourth-order valence-electron chi connectivity index (χ4n) is 0.313. The van der Waals surface area contributed by atoms with E-state index in [4.69, 9.17) is 16.5 Å². The van der Waals surface area contributed by atoms with Crippen LogP contribution in [0.4, 0.5) is 0 Å². The van der Waals surface area contributed by atoms with Crippen LogP contribution < -0.4 is 0 Å². The van der Waals surface area contributed by atoms with Gasteiger partial charge in [0.1, 0.15) is 6.10 Å². The van der Waals surface area contributed by atoms with Crippen molar-refractivity contribution in [1.29, 1.82) is 1.43 Å². The van der Waals surface area contributed by atoms with Crippen LogP contribution in [0.2, 0.25) is 0 Å². The molecule has 0 amide bonds. The lowest BCUT2D eigenvalue weighted by Crippen LogP contribution is -2.20. The molecule has 0 aliphatic rings. The number of rotatable bonds is 5. The van der Waals surface area contributed by atoms with E-state index in [9.17, 15) is 4.57 Å². The summed E-state index contributed by atoms with van der Waals surface area (Å²) in [5, 5.41) is 16.7. The topological polar surface area (TPSA) is 107 Å². The molecule has 4 N–H and O–H groups in total. The van der Waals surface area contributed by atoms with Crippen LogP contribution in [0.1, 0.15) is 0 Å². The van der Waals surface area contributed by atoms with E-state index in [1.54, 1.807) is 0 Å². The van der Waals surface area contributed by atoms with Gasteiger partial charge >= 0.3 is 7.82 Å². The molecule has 0 spiro atoms. The van der Waals surface area contributed by atoms with Crippen molar-refractivity contribution in [2.24, 2.45) is 0 Å². The second-order valence-electron chi connectivity index (χ2n) is 1.56. The van der Waals surface area contributed by atoms with Crippen molar-refractivity contribution in [1.82, 2.24) is 0 Å². The molecular weight excluding hydrogens is 163 g/mol. The number of phosphoric acid groups is 1. The lowest BCUT2D eigenvalue weighted by Gasteiger charge is -2.11. The molecule has 62 valence electrons. The summed E-state index contributed by atoms with van der Waals surface area (Å²) in [5.41, 5.74) is 0. The van der Waals surface area contributed by atoms with E-state index in [1.807, 2.05) is 0 Å². The minimum absolute atomic E-state index is 0.621. The van der Waals surface area contributed by atoms with Gasteiger partial charge in [0.2, 0.25) is 1.43 Å². The van der Waals surface area contributed by atoms with Gasteiger partial charge in [-0.1, -0.05) is 0 Å². The molecule has 6 nitrogen and oxygen atoms in total. The lowest BCUT2D eigenvalue weighted by molar-refractivity contribution is 0.0391. The number of aliphatic hydroxyl groups is 2. The van der Waals surface area contributed by atoms with Crippen LogP contribution in [0.5, 0.6) is 0 Å². The third kappa shape index (κ3) is 4.87. The van der Waals surface area contributed by atoms with Crippen molar-refractivity contribution in [3.63, 3.8) is 0 Å². The number of hydrogen-bond donors (Lipinski definition) is 4. The molecule has 0 radical (unpaired) electrons. The second kappa shape index (κ2) is 4.02. The van der Waals surface area contributed by atoms with Crippen LogP contribution in [0.25, 0.3) is 0 Å². The molecule has 1 atom stereocenters. The van der Waals surface area contributed by atoms with Crippen LogP contribution in [-0.2, 0) is 9.09 Å². The fourth-order valence-corrected chi connectivity index (χ4v) is 0.823. The van der Waals surface area contributed by atoms with Crippen LogP contribution in [0, 0.1) is 0 Å². The first-order valence-electron chi connectivity index (χ1n) is 2.84. The molecule has 0 saturated carbocycles. The Kier molecular flexibility index (Phi) is 3.27. The Bertz CT molecular complexity index is 147. The number of hydrogen-bond acceptors (Lipinski definition) is 5. The Morgan fingerprint density at radius 3 is 2.40 bits per heavy atom. The number of phosphoric ester groups is 1. The minimum atomic E-state index is -4.42. The zero-order valence-electron chi connectivity index (χ0n) is 6.01. The van der Waals surface area contributed by atoms with Gasteiger partial charge in [0, 0.05) is 0 Å². The van der Waals surface area contributed by atoms with Crippen LogP contribution in [0.3, 0.4) is 0 Å². The van der Waals surface area contributed by atoms with Crippen LogP contribution in [0.15, 0.2) is 0 Å². The molecule has 0 aromatic heterocycles. The van der Waals surface area contributed by atoms with E-state index in [0.29, 0.717) is 0 Å². The van der Waals surface area contributed by atoms with E-state index in [-0.39, 0.29) is 0 Å². The highest BCUT2D eigenvalue weighted by Crippen LogP contribution is 2.37. The maximum absolute atomic E-state index is 10.4. The van der Waals surface area contributed by atoms with Crippen LogP contribution in [-0.4, -0.2) is 40.8 Å². The first kappa shape index (κ1) is 8.13. The molecule has 1 unspecified atom stereocenters. The second-order valence-corrected chi connectivity index (χ2v) is 2.71. The Morgan fingerprint density at radius 2 is 2.10 bits per heavy atom. The van der Waals surface area contributed by atoms with Crippen molar-refractivity contribution < 1.29 is 29.1 Å². The zero-order chi connectivity index (χ0) is 8.91. The third-order valence-electron chi connectivity index (χ3n) is 0.690. The molecule has 0 bridgehead atoms. The summed E-state index contributed by atoms with van der Waals surface area (Å²) < 4.78 is 20.5. The van der Waals surface area contributed by atoms with E-state index >= 15 is 0 Å². The minimum Gasteiger partial charge on any atom is -0.394 e. The number of aliphatic hydroxyl groups excluding tert-OH is 2. The molecule has 0 aromatic carbocycles. The summed E-state index contributed by atoms with van der Waals surface area (Å²) >= 11 is 0. The van der Waals surface area contributed by atoms with E-state index in [2.05, 4.69) is 9.42 Å². The highest BCUT2D eigenvalue weighted by Gasteiger charge is 2.20. The van der Waals surface area contributed by atoms with Gasteiger partial charge in [0.05, 0.1) is 13.2 Å². The monoisotopic (exact) mass is 173 g/mol. The Labute approximate surface area is 58.8 Å². The quantitative estimate of drug-likeness (QED) is 0.375. The van der Waals surface area contributed by atoms with Gasteiger partial charge in [0.15, 0.2) is 0 Å². The smallest absolute Gasteiger partial charge is 0.394 e. The molecule has 0 aromatic rings. The lowest BCUT2D eigenvalue weighted by atomic mass is 10.4. The van der Waals surface area contributed by atoms with Gasteiger partial charge < -0.3 is 20.0 Å². The molecular formula is C3H9O6P. The van der Waals surface area contributed by atoms with Crippen LogP contribution >= 0.6 is 7.82 Å². The molecule has 10 heavy (non-hydrogen) atoms. The maximum Gasteiger partial charge on any atom is 0.470 e. The van der Waals surface area contributed by atoms with Gasteiger partial charge in [-0.3, -0.25) is 4.52 Å². The van der Waals surface area contributed by atoms with Crippen molar-refractivity contribution in [3.8, 4) is 0 Å². The molecule has 0 saturated heterocycles. The van der Waals surface area contributed by atoms with Gasteiger partial charge in [-0.2, -0.15) is 0 Å². The SMILES string of the molecule is [2H]OP(=O)(O)OC(CO)CO. The van der Waals surface area contributed by atoms with Gasteiger partial charge in [-0.05, 0) is 0 Å². The normalized spacial score (nSPS) is 18.6.